The van der Waals surface area contributed by atoms with E-state index in [9.17, 15) is 15.0 Å². The van der Waals surface area contributed by atoms with E-state index in [0.29, 0.717) is 12.0 Å². The zero-order valence-corrected chi connectivity index (χ0v) is 18.9. The van der Waals surface area contributed by atoms with Gasteiger partial charge in [0, 0.05) is 5.92 Å². The van der Waals surface area contributed by atoms with Gasteiger partial charge in [0.15, 0.2) is 0 Å². The molecule has 0 aromatic heterocycles. The SMILES string of the molecule is CC(c1ccccc1)c1cc(CCC2(Cc3ccccc3)C=CC=CC2)c(O)c(C(=O)O)c1. The highest BCUT2D eigenvalue weighted by atomic mass is 16.4. The van der Waals surface area contributed by atoms with E-state index in [1.807, 2.05) is 42.5 Å². The number of phenols is 1. The minimum Gasteiger partial charge on any atom is -0.507 e. The van der Waals surface area contributed by atoms with E-state index < -0.39 is 5.97 Å². The molecule has 0 spiro atoms. The van der Waals surface area contributed by atoms with Gasteiger partial charge in [-0.25, -0.2) is 4.79 Å². The molecule has 1 aliphatic rings. The van der Waals surface area contributed by atoms with Crippen LogP contribution < -0.4 is 0 Å². The molecule has 33 heavy (non-hydrogen) atoms. The highest BCUT2D eigenvalue weighted by Crippen LogP contribution is 2.39. The molecule has 2 unspecified atom stereocenters. The van der Waals surface area contributed by atoms with Gasteiger partial charge < -0.3 is 10.2 Å². The van der Waals surface area contributed by atoms with Crippen molar-refractivity contribution in [3.63, 3.8) is 0 Å². The van der Waals surface area contributed by atoms with Gasteiger partial charge in [-0.2, -0.15) is 0 Å². The Hall–Kier alpha value is -3.59. The van der Waals surface area contributed by atoms with Crippen molar-refractivity contribution in [1.82, 2.24) is 0 Å². The molecule has 0 saturated carbocycles. The van der Waals surface area contributed by atoms with Crippen LogP contribution >= 0.6 is 0 Å². The summed E-state index contributed by atoms with van der Waals surface area (Å²) < 4.78 is 0. The van der Waals surface area contributed by atoms with Gasteiger partial charge in [-0.15, -0.1) is 0 Å². The molecule has 0 heterocycles. The Kier molecular flexibility index (Phi) is 6.79. The van der Waals surface area contributed by atoms with Crippen LogP contribution in [-0.4, -0.2) is 16.2 Å². The topological polar surface area (TPSA) is 57.5 Å². The lowest BCUT2D eigenvalue weighted by molar-refractivity contribution is 0.0693. The van der Waals surface area contributed by atoms with Gasteiger partial charge in [0.2, 0.25) is 0 Å². The van der Waals surface area contributed by atoms with Gasteiger partial charge >= 0.3 is 5.97 Å². The number of aromatic hydroxyl groups is 1. The number of rotatable bonds is 8. The number of allylic oxidation sites excluding steroid dienone is 4. The highest BCUT2D eigenvalue weighted by Gasteiger charge is 2.28. The van der Waals surface area contributed by atoms with Crippen molar-refractivity contribution in [2.75, 3.05) is 0 Å². The first kappa shape index (κ1) is 22.6. The van der Waals surface area contributed by atoms with E-state index in [-0.39, 0.29) is 22.6 Å². The predicted molar refractivity (Wildman–Crippen MR) is 133 cm³/mol. The second-order valence-corrected chi connectivity index (χ2v) is 9.03. The van der Waals surface area contributed by atoms with Crippen LogP contribution in [0.5, 0.6) is 5.75 Å². The Bertz CT molecular complexity index is 1160. The summed E-state index contributed by atoms with van der Waals surface area (Å²) in [6.07, 6.45) is 11.9. The molecule has 4 rings (SSSR count). The lowest BCUT2D eigenvalue weighted by Crippen LogP contribution is -2.23. The molecular formula is C30H30O3. The zero-order chi connectivity index (χ0) is 23.3. The molecular weight excluding hydrogens is 408 g/mol. The summed E-state index contributed by atoms with van der Waals surface area (Å²) in [4.78, 5) is 11.9. The lowest BCUT2D eigenvalue weighted by atomic mass is 9.72. The number of carboxylic acid groups (broad SMARTS) is 1. The third-order valence-electron chi connectivity index (χ3n) is 6.75. The number of carboxylic acids is 1. The smallest absolute Gasteiger partial charge is 0.339 e. The Morgan fingerprint density at radius 2 is 1.67 bits per heavy atom. The van der Waals surface area contributed by atoms with Crippen molar-refractivity contribution < 1.29 is 15.0 Å². The summed E-state index contributed by atoms with van der Waals surface area (Å²) in [6.45, 7) is 2.07. The standard InChI is InChI=1S/C30H30O3/c1-22(24-13-7-3-8-14-24)26-19-25(28(31)27(20-26)29(32)33)15-18-30(16-9-4-10-17-30)21-23-11-5-2-6-12-23/h2-14,16,19-20,22,31H,15,17-18,21H2,1H3,(H,32,33). The minimum absolute atomic E-state index is 0.0264. The van der Waals surface area contributed by atoms with Crippen molar-refractivity contribution >= 4 is 5.97 Å². The number of carbonyl (C=O) groups is 1. The van der Waals surface area contributed by atoms with E-state index >= 15 is 0 Å². The second kappa shape index (κ2) is 9.91. The molecule has 0 amide bonds. The molecule has 3 aromatic carbocycles. The van der Waals surface area contributed by atoms with Crippen LogP contribution in [0.1, 0.15) is 58.3 Å². The maximum Gasteiger partial charge on any atom is 0.339 e. The summed E-state index contributed by atoms with van der Waals surface area (Å²) in [6, 6.07) is 24.1. The average molecular weight is 439 g/mol. The summed E-state index contributed by atoms with van der Waals surface area (Å²) in [5, 5.41) is 20.6. The van der Waals surface area contributed by atoms with E-state index in [1.165, 1.54) is 5.56 Å². The summed E-state index contributed by atoms with van der Waals surface area (Å²) in [7, 11) is 0. The number of hydrogen-bond donors (Lipinski definition) is 2. The van der Waals surface area contributed by atoms with Gasteiger partial charge in [-0.1, -0.05) is 98.0 Å². The van der Waals surface area contributed by atoms with Crippen molar-refractivity contribution in [3.8, 4) is 5.75 Å². The molecule has 0 fully saturated rings. The third kappa shape index (κ3) is 5.25. The Morgan fingerprint density at radius 1 is 0.970 bits per heavy atom. The van der Waals surface area contributed by atoms with E-state index in [1.54, 1.807) is 6.07 Å². The number of benzene rings is 3. The number of aryl methyl sites for hydroxylation is 1. The third-order valence-corrected chi connectivity index (χ3v) is 6.75. The summed E-state index contributed by atoms with van der Waals surface area (Å²) >= 11 is 0. The lowest BCUT2D eigenvalue weighted by Gasteiger charge is -2.32. The molecule has 3 aromatic rings. The first-order valence-electron chi connectivity index (χ1n) is 11.5. The van der Waals surface area contributed by atoms with Crippen molar-refractivity contribution in [1.29, 1.82) is 0 Å². The maximum atomic E-state index is 11.9. The summed E-state index contributed by atoms with van der Waals surface area (Å²) in [5.74, 6) is -1.19. The van der Waals surface area contributed by atoms with Crippen LogP contribution in [0.3, 0.4) is 0 Å². The molecule has 3 heteroatoms. The first-order chi connectivity index (χ1) is 16.0. The van der Waals surface area contributed by atoms with Gasteiger partial charge in [-0.3, -0.25) is 0 Å². The van der Waals surface area contributed by atoms with Crippen LogP contribution in [0.2, 0.25) is 0 Å². The monoisotopic (exact) mass is 438 g/mol. The molecule has 2 atom stereocenters. The fourth-order valence-electron chi connectivity index (χ4n) is 4.76. The number of hydrogen-bond acceptors (Lipinski definition) is 2. The van der Waals surface area contributed by atoms with Crippen molar-refractivity contribution in [2.24, 2.45) is 5.41 Å². The van der Waals surface area contributed by atoms with Crippen LogP contribution in [0.4, 0.5) is 0 Å². The van der Waals surface area contributed by atoms with E-state index in [0.717, 1.165) is 30.4 Å². The largest absolute Gasteiger partial charge is 0.507 e. The van der Waals surface area contributed by atoms with Gasteiger partial charge in [0.05, 0.1) is 0 Å². The molecule has 3 nitrogen and oxygen atoms in total. The molecule has 0 saturated heterocycles. The fourth-order valence-corrected chi connectivity index (χ4v) is 4.76. The van der Waals surface area contributed by atoms with E-state index in [2.05, 4.69) is 55.5 Å². The summed E-state index contributed by atoms with van der Waals surface area (Å²) in [5.41, 5.74) is 3.91. The van der Waals surface area contributed by atoms with Crippen LogP contribution in [-0.2, 0) is 12.8 Å². The molecule has 168 valence electrons. The second-order valence-electron chi connectivity index (χ2n) is 9.03. The zero-order valence-electron chi connectivity index (χ0n) is 18.9. The van der Waals surface area contributed by atoms with Crippen LogP contribution in [0.15, 0.2) is 97.1 Å². The van der Waals surface area contributed by atoms with Crippen LogP contribution in [0.25, 0.3) is 0 Å². The molecule has 0 aliphatic heterocycles. The predicted octanol–water partition coefficient (Wildman–Crippen LogP) is 6.92. The molecule has 2 N–H and O–H groups in total. The molecule has 0 bridgehead atoms. The first-order valence-corrected chi connectivity index (χ1v) is 11.5. The number of aromatic carboxylic acids is 1. The van der Waals surface area contributed by atoms with E-state index in [4.69, 9.17) is 0 Å². The normalized spacial score (nSPS) is 18.2. The van der Waals surface area contributed by atoms with Gasteiger partial charge in [-0.05, 0) is 59.4 Å². The Morgan fingerprint density at radius 3 is 2.30 bits per heavy atom. The maximum absolute atomic E-state index is 11.9. The van der Waals surface area contributed by atoms with Gasteiger partial charge in [0.25, 0.3) is 0 Å². The Balaban J connectivity index is 1.64. The Labute approximate surface area is 195 Å². The average Bonchev–Trinajstić information content (AvgIpc) is 2.84. The molecule has 1 aliphatic carbocycles. The van der Waals surface area contributed by atoms with Crippen molar-refractivity contribution in [3.05, 3.63) is 125 Å². The van der Waals surface area contributed by atoms with Crippen LogP contribution in [0, 0.1) is 5.41 Å². The van der Waals surface area contributed by atoms with Gasteiger partial charge in [0.1, 0.15) is 11.3 Å². The fraction of sp³-hybridized carbons (Fsp3) is 0.233. The highest BCUT2D eigenvalue weighted by molar-refractivity contribution is 5.91. The molecule has 0 radical (unpaired) electrons. The quantitative estimate of drug-likeness (QED) is 0.401. The minimum atomic E-state index is -1.10. The van der Waals surface area contributed by atoms with Crippen molar-refractivity contribution in [2.45, 2.75) is 38.5 Å².